The average Bonchev–Trinajstić information content (AvgIpc) is 2.77. The molecule has 1 aromatic heterocycles. The van der Waals surface area contributed by atoms with Gasteiger partial charge in [-0.1, -0.05) is 41.4 Å². The Morgan fingerprint density at radius 3 is 2.44 bits per heavy atom. The van der Waals surface area contributed by atoms with Crippen LogP contribution >= 0.6 is 11.6 Å². The number of H-pyrrole nitrogens is 1. The number of benzene rings is 2. The molecule has 9 nitrogen and oxygen atoms in total. The van der Waals surface area contributed by atoms with Crippen LogP contribution in [-0.4, -0.2) is 37.7 Å². The third kappa shape index (κ3) is 5.60. The van der Waals surface area contributed by atoms with Gasteiger partial charge in [-0.3, -0.25) is 9.55 Å². The highest BCUT2D eigenvalue weighted by Gasteiger charge is 2.40. The number of carboxylic acid groups (broad SMARTS) is 1. The molecule has 0 radical (unpaired) electrons. The molecule has 2 aromatic carbocycles. The summed E-state index contributed by atoms with van der Waals surface area (Å²) in [7, 11) is 0. The Bertz CT molecular complexity index is 1390. The number of aromatic amines is 1. The number of nitrogens with zero attached hydrogens (tertiary/aromatic N) is 3. The average molecular weight is 495 g/mol. The minimum absolute atomic E-state index is 0.127. The van der Waals surface area contributed by atoms with Gasteiger partial charge < -0.3 is 9.84 Å². The number of nitrogens with one attached hydrogen (secondary N) is 1. The molecule has 0 bridgehead atoms. The van der Waals surface area contributed by atoms with Crippen molar-refractivity contribution in [3.05, 3.63) is 85.2 Å². The molecular formula is C22H21ClF2N4O5. The van der Waals surface area contributed by atoms with E-state index >= 15 is 0 Å². The predicted molar refractivity (Wildman–Crippen MR) is 120 cm³/mol. The first-order valence-corrected chi connectivity index (χ1v) is 10.5. The van der Waals surface area contributed by atoms with Crippen LogP contribution in [-0.2, 0) is 17.9 Å². The second-order valence-corrected chi connectivity index (χ2v) is 7.77. The van der Waals surface area contributed by atoms with Gasteiger partial charge in [0, 0.05) is 0 Å². The summed E-state index contributed by atoms with van der Waals surface area (Å²) in [6.07, 6.45) is 0. The maximum absolute atomic E-state index is 13.8. The van der Waals surface area contributed by atoms with E-state index in [2.05, 4.69) is 9.98 Å². The normalized spacial score (nSPS) is 12.1. The quantitative estimate of drug-likeness (QED) is 0.499. The van der Waals surface area contributed by atoms with Crippen molar-refractivity contribution in [1.82, 2.24) is 14.1 Å². The predicted octanol–water partition coefficient (Wildman–Crippen LogP) is 2.70. The van der Waals surface area contributed by atoms with E-state index in [0.717, 1.165) is 10.1 Å². The summed E-state index contributed by atoms with van der Waals surface area (Å²) in [5, 5.41) is 8.97. The molecule has 0 saturated heterocycles. The SMILES string of the molecule is CCOc1ccc(/N=c2\[nH]c(=O)n(CC(F)(F)C(=O)O)c(=O)n2Cc2ccc(C)cc2)cc1Cl. The number of aliphatic carboxylic acids is 1. The number of ether oxygens (including phenoxy) is 1. The zero-order chi connectivity index (χ0) is 25.0. The lowest BCUT2D eigenvalue weighted by Gasteiger charge is -2.15. The Labute approximate surface area is 196 Å². The first-order chi connectivity index (χ1) is 16.0. The van der Waals surface area contributed by atoms with Crippen LogP contribution in [0.5, 0.6) is 5.75 Å². The summed E-state index contributed by atoms with van der Waals surface area (Å²) in [6.45, 7) is 2.28. The lowest BCUT2D eigenvalue weighted by molar-refractivity contribution is -0.166. The molecule has 0 aliphatic heterocycles. The topological polar surface area (TPSA) is 119 Å². The molecule has 2 N–H and O–H groups in total. The summed E-state index contributed by atoms with van der Waals surface area (Å²) < 4.78 is 34.1. The van der Waals surface area contributed by atoms with Crippen LogP contribution in [0, 0.1) is 6.92 Å². The molecule has 3 rings (SSSR count). The van der Waals surface area contributed by atoms with E-state index in [9.17, 15) is 23.2 Å². The van der Waals surface area contributed by atoms with Crippen LogP contribution in [0.15, 0.2) is 57.0 Å². The molecule has 1 heterocycles. The van der Waals surface area contributed by atoms with Crippen molar-refractivity contribution in [2.24, 2.45) is 4.99 Å². The molecule has 3 aromatic rings. The Hall–Kier alpha value is -3.73. The second-order valence-electron chi connectivity index (χ2n) is 7.36. The monoisotopic (exact) mass is 494 g/mol. The molecule has 0 spiro atoms. The van der Waals surface area contributed by atoms with Crippen LogP contribution in [0.2, 0.25) is 5.02 Å². The highest BCUT2D eigenvalue weighted by Crippen LogP contribution is 2.28. The first kappa shape index (κ1) is 24.9. The van der Waals surface area contributed by atoms with E-state index in [4.69, 9.17) is 21.4 Å². The molecular weight excluding hydrogens is 474 g/mol. The lowest BCUT2D eigenvalue weighted by Crippen LogP contribution is -2.53. The van der Waals surface area contributed by atoms with E-state index in [1.807, 2.05) is 6.92 Å². The van der Waals surface area contributed by atoms with Crippen LogP contribution in [0.25, 0.3) is 0 Å². The Balaban J connectivity index is 2.20. The van der Waals surface area contributed by atoms with Crippen molar-refractivity contribution in [1.29, 1.82) is 0 Å². The van der Waals surface area contributed by atoms with E-state index in [0.29, 0.717) is 17.9 Å². The summed E-state index contributed by atoms with van der Waals surface area (Å²) in [6, 6.07) is 11.6. The van der Waals surface area contributed by atoms with Gasteiger partial charge >= 0.3 is 23.3 Å². The Morgan fingerprint density at radius 2 is 1.85 bits per heavy atom. The van der Waals surface area contributed by atoms with Crippen molar-refractivity contribution >= 4 is 23.3 Å². The van der Waals surface area contributed by atoms with Gasteiger partial charge in [-0.2, -0.15) is 8.78 Å². The number of alkyl halides is 2. The number of rotatable bonds is 8. The number of carboxylic acids is 1. The maximum atomic E-state index is 13.8. The van der Waals surface area contributed by atoms with Crippen LogP contribution in [0.4, 0.5) is 14.5 Å². The van der Waals surface area contributed by atoms with E-state index in [1.54, 1.807) is 37.3 Å². The zero-order valence-corrected chi connectivity index (χ0v) is 19.0. The summed E-state index contributed by atoms with van der Waals surface area (Å²) in [5.74, 6) is -6.38. The smallest absolute Gasteiger partial charge is 0.376 e. The zero-order valence-electron chi connectivity index (χ0n) is 18.2. The number of hydrogen-bond donors (Lipinski definition) is 2. The van der Waals surface area contributed by atoms with Gasteiger partial charge in [0.15, 0.2) is 0 Å². The van der Waals surface area contributed by atoms with E-state index in [-0.39, 0.29) is 27.4 Å². The molecule has 0 atom stereocenters. The highest BCUT2D eigenvalue weighted by atomic mass is 35.5. The third-order valence-corrected chi connectivity index (χ3v) is 5.06. The van der Waals surface area contributed by atoms with Crippen molar-refractivity contribution in [3.8, 4) is 5.75 Å². The minimum Gasteiger partial charge on any atom is -0.492 e. The van der Waals surface area contributed by atoms with Crippen molar-refractivity contribution in [3.63, 3.8) is 0 Å². The van der Waals surface area contributed by atoms with Gasteiger partial charge in [-0.05, 0) is 37.6 Å². The number of aromatic nitrogens is 3. The fraction of sp³-hybridized carbons (Fsp3) is 0.273. The van der Waals surface area contributed by atoms with Crippen LogP contribution in [0.3, 0.4) is 0 Å². The van der Waals surface area contributed by atoms with Crippen LogP contribution in [0.1, 0.15) is 18.1 Å². The third-order valence-electron chi connectivity index (χ3n) is 4.76. The number of aryl methyl sites for hydroxylation is 1. The Morgan fingerprint density at radius 1 is 1.18 bits per heavy atom. The van der Waals surface area contributed by atoms with Gasteiger partial charge in [-0.25, -0.2) is 23.9 Å². The standard InChI is InChI=1S/C22H21ClF2N4O5/c1-3-34-17-9-8-15(10-16(17)23)26-19-27-20(32)29(12-22(24,25)18(30)31)21(33)28(19)11-14-6-4-13(2)5-7-14/h4-10H,3,11-12H2,1-2H3,(H,30,31)(H,26,27,32). The van der Waals surface area contributed by atoms with Gasteiger partial charge in [0.05, 0.1) is 23.9 Å². The van der Waals surface area contributed by atoms with Gasteiger partial charge in [-0.15, -0.1) is 0 Å². The molecule has 0 amide bonds. The highest BCUT2D eigenvalue weighted by molar-refractivity contribution is 6.32. The number of hydrogen-bond acceptors (Lipinski definition) is 5. The molecule has 0 saturated carbocycles. The fourth-order valence-corrected chi connectivity index (χ4v) is 3.25. The summed E-state index contributed by atoms with van der Waals surface area (Å²) in [5.41, 5.74) is -0.775. The molecule has 180 valence electrons. The maximum Gasteiger partial charge on any atom is 0.376 e. The van der Waals surface area contributed by atoms with Gasteiger partial charge in [0.2, 0.25) is 5.62 Å². The largest absolute Gasteiger partial charge is 0.492 e. The van der Waals surface area contributed by atoms with Gasteiger partial charge in [0.25, 0.3) is 0 Å². The molecule has 0 aliphatic carbocycles. The molecule has 34 heavy (non-hydrogen) atoms. The number of carbonyl (C=O) groups is 1. The second kappa shape index (κ2) is 10.0. The number of halogens is 3. The first-order valence-electron chi connectivity index (χ1n) is 10.1. The van der Waals surface area contributed by atoms with E-state index in [1.165, 1.54) is 12.1 Å². The van der Waals surface area contributed by atoms with Crippen molar-refractivity contribution in [2.75, 3.05) is 6.61 Å². The van der Waals surface area contributed by atoms with Gasteiger partial charge in [0.1, 0.15) is 12.3 Å². The van der Waals surface area contributed by atoms with Crippen LogP contribution < -0.4 is 21.7 Å². The minimum atomic E-state index is -4.33. The Kier molecular flexibility index (Phi) is 7.35. The molecule has 0 unspecified atom stereocenters. The summed E-state index contributed by atoms with van der Waals surface area (Å²) in [4.78, 5) is 42.9. The summed E-state index contributed by atoms with van der Waals surface area (Å²) >= 11 is 6.18. The fourth-order valence-electron chi connectivity index (χ4n) is 3.02. The van der Waals surface area contributed by atoms with Crippen molar-refractivity contribution < 1.29 is 23.4 Å². The lowest BCUT2D eigenvalue weighted by atomic mass is 10.1. The van der Waals surface area contributed by atoms with Crippen molar-refractivity contribution in [2.45, 2.75) is 32.9 Å². The molecule has 0 fully saturated rings. The molecule has 12 heteroatoms. The molecule has 0 aliphatic rings. The van der Waals surface area contributed by atoms with E-state index < -0.39 is 29.8 Å².